The molecule has 0 saturated heterocycles. The van der Waals surface area contributed by atoms with Crippen LogP contribution in [-0.2, 0) is 0 Å². The van der Waals surface area contributed by atoms with Crippen molar-refractivity contribution in [1.82, 2.24) is 9.97 Å². The van der Waals surface area contributed by atoms with Gasteiger partial charge in [-0.3, -0.25) is 0 Å². The fraction of sp³-hybridized carbons (Fsp3) is 0.667. The van der Waals surface area contributed by atoms with Gasteiger partial charge in [0, 0.05) is 23.7 Å². The lowest BCUT2D eigenvalue weighted by Gasteiger charge is -2.02. The van der Waals surface area contributed by atoms with Crippen LogP contribution in [0.4, 0.5) is 0 Å². The lowest BCUT2D eigenvalue weighted by molar-refractivity contribution is 0.283. The van der Waals surface area contributed by atoms with Crippen molar-refractivity contribution in [2.45, 2.75) is 44.7 Å². The number of nitrogens with zero attached hydrogens (tertiary/aromatic N) is 2. The van der Waals surface area contributed by atoms with Gasteiger partial charge in [0.15, 0.2) is 5.16 Å². The summed E-state index contributed by atoms with van der Waals surface area (Å²) in [5.74, 6) is 1.06. The van der Waals surface area contributed by atoms with Crippen molar-refractivity contribution in [2.24, 2.45) is 0 Å². The number of aliphatic hydroxyl groups excluding tert-OH is 1. The van der Waals surface area contributed by atoms with E-state index in [2.05, 4.69) is 9.97 Å². The molecule has 0 radical (unpaired) electrons. The highest BCUT2D eigenvalue weighted by Crippen LogP contribution is 2.16. The van der Waals surface area contributed by atoms with Crippen LogP contribution in [0.15, 0.2) is 11.2 Å². The molecule has 0 atom stereocenters. The highest BCUT2D eigenvalue weighted by molar-refractivity contribution is 7.99. The highest BCUT2D eigenvalue weighted by atomic mass is 32.2. The van der Waals surface area contributed by atoms with Crippen LogP contribution >= 0.6 is 11.8 Å². The second kappa shape index (κ2) is 7.63. The van der Waals surface area contributed by atoms with Crippen LogP contribution in [0.1, 0.15) is 37.1 Å². The summed E-state index contributed by atoms with van der Waals surface area (Å²) >= 11 is 1.72. The first-order valence-electron chi connectivity index (χ1n) is 5.78. The Kier molecular flexibility index (Phi) is 6.42. The fourth-order valence-electron chi connectivity index (χ4n) is 1.49. The van der Waals surface area contributed by atoms with Crippen LogP contribution in [0.25, 0.3) is 0 Å². The zero-order chi connectivity index (χ0) is 11.8. The van der Waals surface area contributed by atoms with E-state index in [0.717, 1.165) is 35.1 Å². The van der Waals surface area contributed by atoms with Gasteiger partial charge in [0.2, 0.25) is 0 Å². The van der Waals surface area contributed by atoms with Crippen molar-refractivity contribution in [1.29, 1.82) is 0 Å². The summed E-state index contributed by atoms with van der Waals surface area (Å²) in [6.07, 6.45) is 4.38. The predicted octanol–water partition coefficient (Wildman–Crippen LogP) is 2.74. The molecule has 0 aromatic carbocycles. The average molecular weight is 240 g/mol. The molecule has 1 rings (SSSR count). The SMILES string of the molecule is Cc1cc(C)nc(SCCCCCCO)n1. The molecule has 0 aliphatic rings. The van der Waals surface area contributed by atoms with Gasteiger partial charge in [0.05, 0.1) is 0 Å². The van der Waals surface area contributed by atoms with E-state index in [9.17, 15) is 0 Å². The molecule has 3 nitrogen and oxygen atoms in total. The Balaban J connectivity index is 2.21. The van der Waals surface area contributed by atoms with Crippen LogP contribution in [0.2, 0.25) is 0 Å². The number of aryl methyl sites for hydroxylation is 2. The minimum absolute atomic E-state index is 0.313. The summed E-state index contributed by atoms with van der Waals surface area (Å²) < 4.78 is 0. The first kappa shape index (κ1) is 13.5. The first-order valence-corrected chi connectivity index (χ1v) is 6.77. The number of hydrogen-bond acceptors (Lipinski definition) is 4. The maximum Gasteiger partial charge on any atom is 0.187 e. The number of thioether (sulfide) groups is 1. The third-order valence-corrected chi connectivity index (χ3v) is 3.18. The molecule has 1 heterocycles. The molecule has 0 amide bonds. The third-order valence-electron chi connectivity index (χ3n) is 2.25. The van der Waals surface area contributed by atoms with Crippen molar-refractivity contribution >= 4 is 11.8 Å². The van der Waals surface area contributed by atoms with Gasteiger partial charge in [0.25, 0.3) is 0 Å². The quantitative estimate of drug-likeness (QED) is 0.452. The zero-order valence-corrected chi connectivity index (χ0v) is 10.9. The van der Waals surface area contributed by atoms with Crippen LogP contribution in [0, 0.1) is 13.8 Å². The maximum atomic E-state index is 8.64. The molecule has 0 aliphatic heterocycles. The van der Waals surface area contributed by atoms with E-state index in [1.54, 1.807) is 11.8 Å². The maximum absolute atomic E-state index is 8.64. The smallest absolute Gasteiger partial charge is 0.187 e. The van der Waals surface area contributed by atoms with Crippen molar-refractivity contribution < 1.29 is 5.11 Å². The lowest BCUT2D eigenvalue weighted by Crippen LogP contribution is -1.93. The molecule has 4 heteroatoms. The second-order valence-corrected chi connectivity index (χ2v) is 4.98. The van der Waals surface area contributed by atoms with Crippen LogP contribution in [0.5, 0.6) is 0 Å². The first-order chi connectivity index (χ1) is 7.72. The van der Waals surface area contributed by atoms with Crippen molar-refractivity contribution in [3.05, 3.63) is 17.5 Å². The Labute approximate surface area is 102 Å². The summed E-state index contributed by atoms with van der Waals surface area (Å²) in [6, 6.07) is 1.99. The lowest BCUT2D eigenvalue weighted by atomic mass is 10.2. The van der Waals surface area contributed by atoms with Gasteiger partial charge >= 0.3 is 0 Å². The third kappa shape index (κ3) is 5.47. The van der Waals surface area contributed by atoms with Crippen molar-refractivity contribution in [3.8, 4) is 0 Å². The summed E-state index contributed by atoms with van der Waals surface area (Å²) in [6.45, 7) is 4.31. The molecule has 0 aliphatic carbocycles. The van der Waals surface area contributed by atoms with E-state index in [1.807, 2.05) is 19.9 Å². The van der Waals surface area contributed by atoms with Crippen LogP contribution in [0.3, 0.4) is 0 Å². The summed E-state index contributed by atoms with van der Waals surface area (Å²) in [5, 5.41) is 9.53. The molecule has 0 bridgehead atoms. The molecule has 1 aromatic heterocycles. The van der Waals surface area contributed by atoms with Gasteiger partial charge in [-0.25, -0.2) is 9.97 Å². The second-order valence-electron chi connectivity index (χ2n) is 3.92. The summed E-state index contributed by atoms with van der Waals surface area (Å²) in [4.78, 5) is 8.76. The molecule has 90 valence electrons. The molecule has 16 heavy (non-hydrogen) atoms. The number of aliphatic hydroxyl groups is 1. The zero-order valence-electron chi connectivity index (χ0n) is 10.1. The van der Waals surface area contributed by atoms with Gasteiger partial charge in [-0.1, -0.05) is 24.6 Å². The number of hydrogen-bond donors (Lipinski definition) is 1. The van der Waals surface area contributed by atoms with E-state index in [0.29, 0.717) is 6.61 Å². The molecule has 0 saturated carbocycles. The minimum Gasteiger partial charge on any atom is -0.396 e. The van der Waals surface area contributed by atoms with E-state index < -0.39 is 0 Å². The Bertz CT molecular complexity index is 298. The molecular weight excluding hydrogens is 220 g/mol. The minimum atomic E-state index is 0.313. The van der Waals surface area contributed by atoms with E-state index in [4.69, 9.17) is 5.11 Å². The van der Waals surface area contributed by atoms with E-state index in [1.165, 1.54) is 12.8 Å². The Morgan fingerprint density at radius 3 is 2.31 bits per heavy atom. The monoisotopic (exact) mass is 240 g/mol. The summed E-state index contributed by atoms with van der Waals surface area (Å²) in [7, 11) is 0. The Hall–Kier alpha value is -0.610. The average Bonchev–Trinajstić information content (AvgIpc) is 2.22. The van der Waals surface area contributed by atoms with Crippen molar-refractivity contribution in [2.75, 3.05) is 12.4 Å². The number of unbranched alkanes of at least 4 members (excludes halogenated alkanes) is 3. The highest BCUT2D eigenvalue weighted by Gasteiger charge is 2.00. The standard InChI is InChI=1S/C12H20N2OS/c1-10-9-11(2)14-12(13-10)16-8-6-4-3-5-7-15/h9,15H,3-8H2,1-2H3. The van der Waals surface area contributed by atoms with Gasteiger partial charge in [0.1, 0.15) is 0 Å². The Morgan fingerprint density at radius 1 is 1.06 bits per heavy atom. The molecule has 0 fully saturated rings. The number of aromatic nitrogens is 2. The van der Waals surface area contributed by atoms with E-state index in [-0.39, 0.29) is 0 Å². The van der Waals surface area contributed by atoms with Gasteiger partial charge in [-0.05, 0) is 32.8 Å². The van der Waals surface area contributed by atoms with Crippen LogP contribution < -0.4 is 0 Å². The predicted molar refractivity (Wildman–Crippen MR) is 67.8 cm³/mol. The van der Waals surface area contributed by atoms with Crippen LogP contribution in [-0.4, -0.2) is 27.4 Å². The van der Waals surface area contributed by atoms with Gasteiger partial charge in [-0.15, -0.1) is 0 Å². The van der Waals surface area contributed by atoms with Crippen molar-refractivity contribution in [3.63, 3.8) is 0 Å². The van der Waals surface area contributed by atoms with Gasteiger partial charge < -0.3 is 5.11 Å². The van der Waals surface area contributed by atoms with Gasteiger partial charge in [-0.2, -0.15) is 0 Å². The van der Waals surface area contributed by atoms with E-state index >= 15 is 0 Å². The number of rotatable bonds is 7. The normalized spacial score (nSPS) is 10.7. The molecule has 1 N–H and O–H groups in total. The molecule has 0 unspecified atom stereocenters. The topological polar surface area (TPSA) is 46.0 Å². The summed E-state index contributed by atoms with van der Waals surface area (Å²) in [5.41, 5.74) is 2.07. The molecular formula is C12H20N2OS. The molecule has 0 spiro atoms. The largest absolute Gasteiger partial charge is 0.396 e. The molecule has 1 aromatic rings. The Morgan fingerprint density at radius 2 is 1.69 bits per heavy atom. The fourth-order valence-corrected chi connectivity index (χ4v) is 2.44.